The lowest BCUT2D eigenvalue weighted by molar-refractivity contribution is 0.493. The topological polar surface area (TPSA) is 12.0 Å². The fourth-order valence-electron chi connectivity index (χ4n) is 1.40. The van der Waals surface area contributed by atoms with E-state index < -0.39 is 11.6 Å². The lowest BCUT2D eigenvalue weighted by atomic mass is 10.1. The van der Waals surface area contributed by atoms with Crippen molar-refractivity contribution >= 4 is 11.6 Å². The van der Waals surface area contributed by atoms with Crippen LogP contribution in [0.3, 0.4) is 0 Å². The second kappa shape index (κ2) is 6.81. The summed E-state index contributed by atoms with van der Waals surface area (Å²) >= 11 is 5.61. The molecule has 1 N–H and O–H groups in total. The first-order valence-electron chi connectivity index (χ1n) is 5.34. The minimum Gasteiger partial charge on any atom is -0.312 e. The Kier molecular flexibility index (Phi) is 5.71. The molecule has 0 aromatic heterocycles. The van der Waals surface area contributed by atoms with Crippen LogP contribution < -0.4 is 5.32 Å². The minimum absolute atomic E-state index is 0.489. The fraction of sp³-hybridized carbons (Fsp3) is 0.500. The summed E-state index contributed by atoms with van der Waals surface area (Å²) in [5.41, 5.74) is 0.747. The Bertz CT molecular complexity index is 331. The molecule has 90 valence electrons. The van der Waals surface area contributed by atoms with E-state index in [-0.39, 0.29) is 0 Å². The molecule has 0 saturated carbocycles. The predicted octanol–water partition coefficient (Wildman–Crippen LogP) is 3.32. The summed E-state index contributed by atoms with van der Waals surface area (Å²) in [5, 5.41) is 3.19. The molecule has 0 bridgehead atoms. The fourth-order valence-corrected chi connectivity index (χ4v) is 1.77. The lowest BCUT2D eigenvalue weighted by Crippen LogP contribution is -2.21. The van der Waals surface area contributed by atoms with E-state index in [0.717, 1.165) is 24.6 Å². The van der Waals surface area contributed by atoms with E-state index in [0.29, 0.717) is 18.3 Å². The van der Waals surface area contributed by atoms with Gasteiger partial charge in [0.25, 0.3) is 0 Å². The number of halogens is 3. The Morgan fingerprint density at radius 2 is 2.06 bits per heavy atom. The first-order chi connectivity index (χ1) is 7.63. The van der Waals surface area contributed by atoms with E-state index in [1.807, 2.05) is 0 Å². The average Bonchev–Trinajstić information content (AvgIpc) is 2.24. The second-order valence-corrected chi connectivity index (χ2v) is 4.34. The maximum absolute atomic E-state index is 12.9. The quantitative estimate of drug-likeness (QED) is 0.761. The first kappa shape index (κ1) is 13.4. The second-order valence-electron chi connectivity index (χ2n) is 3.96. The monoisotopic (exact) mass is 247 g/mol. The molecule has 0 aliphatic rings. The van der Waals surface area contributed by atoms with Gasteiger partial charge in [-0.3, -0.25) is 0 Å². The van der Waals surface area contributed by atoms with Gasteiger partial charge < -0.3 is 5.32 Å². The third-order valence-corrected chi connectivity index (χ3v) is 2.63. The van der Waals surface area contributed by atoms with Gasteiger partial charge in [0, 0.05) is 12.4 Å². The van der Waals surface area contributed by atoms with Gasteiger partial charge >= 0.3 is 0 Å². The standard InChI is InChI=1S/C12H16ClF2N/c1-9(4-5-13)7-16-8-10-2-3-11(14)12(15)6-10/h2-3,6,9,16H,4-5,7-8H2,1H3. The van der Waals surface area contributed by atoms with Crippen molar-refractivity contribution in [3.63, 3.8) is 0 Å². The zero-order chi connectivity index (χ0) is 12.0. The number of nitrogens with one attached hydrogen (secondary N) is 1. The number of alkyl halides is 1. The largest absolute Gasteiger partial charge is 0.312 e. The van der Waals surface area contributed by atoms with Crippen LogP contribution in [0, 0.1) is 17.6 Å². The molecule has 0 heterocycles. The van der Waals surface area contributed by atoms with Gasteiger partial charge in [0.05, 0.1) is 0 Å². The maximum atomic E-state index is 12.9. The van der Waals surface area contributed by atoms with Gasteiger partial charge in [-0.25, -0.2) is 8.78 Å². The molecule has 4 heteroatoms. The van der Waals surface area contributed by atoms with Crippen molar-refractivity contribution in [3.8, 4) is 0 Å². The molecule has 0 spiro atoms. The Hall–Kier alpha value is -0.670. The maximum Gasteiger partial charge on any atom is 0.159 e. The smallest absolute Gasteiger partial charge is 0.159 e. The molecule has 0 aliphatic carbocycles. The van der Waals surface area contributed by atoms with Crippen LogP contribution in [0.4, 0.5) is 8.78 Å². The van der Waals surface area contributed by atoms with E-state index in [9.17, 15) is 8.78 Å². The third kappa shape index (κ3) is 4.45. The van der Waals surface area contributed by atoms with Gasteiger partial charge in [0.2, 0.25) is 0 Å². The molecular formula is C12H16ClF2N. The van der Waals surface area contributed by atoms with Crippen molar-refractivity contribution in [3.05, 3.63) is 35.4 Å². The highest BCUT2D eigenvalue weighted by Crippen LogP contribution is 2.08. The first-order valence-corrected chi connectivity index (χ1v) is 5.87. The molecule has 1 atom stereocenters. The summed E-state index contributed by atoms with van der Waals surface area (Å²) in [6, 6.07) is 3.95. The van der Waals surface area contributed by atoms with Crippen LogP contribution in [-0.2, 0) is 6.54 Å². The molecule has 1 unspecified atom stereocenters. The van der Waals surface area contributed by atoms with E-state index in [4.69, 9.17) is 11.6 Å². The lowest BCUT2D eigenvalue weighted by Gasteiger charge is -2.10. The Morgan fingerprint density at radius 3 is 2.69 bits per heavy atom. The molecule has 1 aromatic rings. The van der Waals surface area contributed by atoms with Crippen molar-refractivity contribution in [2.75, 3.05) is 12.4 Å². The van der Waals surface area contributed by atoms with Gasteiger partial charge in [-0.05, 0) is 36.6 Å². The van der Waals surface area contributed by atoms with Crippen LogP contribution in [0.2, 0.25) is 0 Å². The van der Waals surface area contributed by atoms with E-state index in [1.54, 1.807) is 6.07 Å². The summed E-state index contributed by atoms with van der Waals surface area (Å²) in [6.45, 7) is 3.47. The van der Waals surface area contributed by atoms with Crippen molar-refractivity contribution in [2.45, 2.75) is 19.9 Å². The Balaban J connectivity index is 2.34. The zero-order valence-corrected chi connectivity index (χ0v) is 10.0. The highest BCUT2D eigenvalue weighted by molar-refractivity contribution is 6.17. The van der Waals surface area contributed by atoms with Gasteiger partial charge in [-0.2, -0.15) is 0 Å². The number of hydrogen-bond acceptors (Lipinski definition) is 1. The van der Waals surface area contributed by atoms with E-state index >= 15 is 0 Å². The highest BCUT2D eigenvalue weighted by Gasteiger charge is 2.03. The van der Waals surface area contributed by atoms with Crippen LogP contribution in [0.25, 0.3) is 0 Å². The molecule has 1 nitrogen and oxygen atoms in total. The molecule has 0 saturated heterocycles. The zero-order valence-electron chi connectivity index (χ0n) is 9.27. The molecule has 0 radical (unpaired) electrons. The van der Waals surface area contributed by atoms with Gasteiger partial charge in [0.15, 0.2) is 11.6 Å². The summed E-state index contributed by atoms with van der Waals surface area (Å²) < 4.78 is 25.5. The molecule has 16 heavy (non-hydrogen) atoms. The number of benzene rings is 1. The van der Waals surface area contributed by atoms with Gasteiger partial charge in [0.1, 0.15) is 0 Å². The van der Waals surface area contributed by atoms with Crippen LogP contribution in [-0.4, -0.2) is 12.4 Å². The van der Waals surface area contributed by atoms with Gasteiger partial charge in [-0.1, -0.05) is 13.0 Å². The summed E-state index contributed by atoms with van der Waals surface area (Å²) in [7, 11) is 0. The number of rotatable bonds is 6. The van der Waals surface area contributed by atoms with E-state index in [1.165, 1.54) is 6.07 Å². The normalized spacial score (nSPS) is 12.8. The molecule has 1 aromatic carbocycles. The molecular weight excluding hydrogens is 232 g/mol. The predicted molar refractivity (Wildman–Crippen MR) is 62.6 cm³/mol. The highest BCUT2D eigenvalue weighted by atomic mass is 35.5. The molecule has 0 aliphatic heterocycles. The van der Waals surface area contributed by atoms with E-state index in [2.05, 4.69) is 12.2 Å². The van der Waals surface area contributed by atoms with Crippen molar-refractivity contribution in [1.82, 2.24) is 5.32 Å². The van der Waals surface area contributed by atoms with Crippen LogP contribution >= 0.6 is 11.6 Å². The van der Waals surface area contributed by atoms with Gasteiger partial charge in [-0.15, -0.1) is 11.6 Å². The summed E-state index contributed by atoms with van der Waals surface area (Å²) in [5.74, 6) is -0.469. The minimum atomic E-state index is -0.806. The molecule has 0 amide bonds. The average molecular weight is 248 g/mol. The Labute approximate surface area is 99.8 Å². The van der Waals surface area contributed by atoms with Crippen LogP contribution in [0.1, 0.15) is 18.9 Å². The summed E-state index contributed by atoms with van der Waals surface area (Å²) in [4.78, 5) is 0. The third-order valence-electron chi connectivity index (χ3n) is 2.41. The Morgan fingerprint density at radius 1 is 1.31 bits per heavy atom. The summed E-state index contributed by atoms with van der Waals surface area (Å²) in [6.07, 6.45) is 0.951. The van der Waals surface area contributed by atoms with Crippen molar-refractivity contribution in [2.24, 2.45) is 5.92 Å². The van der Waals surface area contributed by atoms with Crippen molar-refractivity contribution < 1.29 is 8.78 Å². The van der Waals surface area contributed by atoms with Crippen LogP contribution in [0.5, 0.6) is 0 Å². The van der Waals surface area contributed by atoms with Crippen molar-refractivity contribution in [1.29, 1.82) is 0 Å². The molecule has 1 rings (SSSR count). The SMILES string of the molecule is CC(CCCl)CNCc1ccc(F)c(F)c1. The number of hydrogen-bond donors (Lipinski definition) is 1. The molecule has 0 fully saturated rings. The van der Waals surface area contributed by atoms with Crippen LogP contribution in [0.15, 0.2) is 18.2 Å².